The topological polar surface area (TPSA) is 12.0 Å². The second-order valence-corrected chi connectivity index (χ2v) is 5.97. The third kappa shape index (κ3) is 6.09. The van der Waals surface area contributed by atoms with E-state index >= 15 is 0 Å². The molecule has 0 saturated heterocycles. The Hall–Kier alpha value is -0.530. The minimum absolute atomic E-state index is 0. The van der Waals surface area contributed by atoms with Crippen LogP contribution < -0.4 is 5.32 Å². The second kappa shape index (κ2) is 7.03. The van der Waals surface area contributed by atoms with E-state index in [0.717, 1.165) is 13.1 Å². The quantitative estimate of drug-likeness (QED) is 0.852. The number of hydrogen-bond donors (Lipinski definition) is 1. The van der Waals surface area contributed by atoms with E-state index in [1.165, 1.54) is 11.1 Å². The highest BCUT2D eigenvalue weighted by molar-refractivity contribution is 5.85. The summed E-state index contributed by atoms with van der Waals surface area (Å²) in [7, 11) is 0. The van der Waals surface area contributed by atoms with Gasteiger partial charge in [-0.25, -0.2) is 0 Å². The van der Waals surface area contributed by atoms with Gasteiger partial charge in [-0.3, -0.25) is 0 Å². The zero-order chi connectivity index (χ0) is 12.2. The first-order valence-electron chi connectivity index (χ1n) is 6.19. The highest BCUT2D eigenvalue weighted by atomic mass is 35.5. The summed E-state index contributed by atoms with van der Waals surface area (Å²) >= 11 is 0. The normalized spacial score (nSPS) is 11.4. The molecule has 0 aliphatic rings. The molecule has 1 nitrogen and oxygen atoms in total. The van der Waals surface area contributed by atoms with Crippen LogP contribution in [0.5, 0.6) is 0 Å². The first-order chi connectivity index (χ1) is 7.39. The van der Waals surface area contributed by atoms with Gasteiger partial charge in [-0.1, -0.05) is 58.9 Å². The Labute approximate surface area is 112 Å². The Bertz CT molecular complexity index is 309. The molecule has 0 bridgehead atoms. The SMILES string of the molecule is CC(C)CNCc1ccc(C(C)(C)C)cc1.Cl. The van der Waals surface area contributed by atoms with E-state index in [0.29, 0.717) is 5.92 Å². The maximum Gasteiger partial charge on any atom is 0.0205 e. The van der Waals surface area contributed by atoms with E-state index in [-0.39, 0.29) is 17.8 Å². The lowest BCUT2D eigenvalue weighted by Gasteiger charge is -2.19. The van der Waals surface area contributed by atoms with Crippen LogP contribution >= 0.6 is 12.4 Å². The Balaban J connectivity index is 0.00000256. The van der Waals surface area contributed by atoms with Crippen LogP contribution in [-0.2, 0) is 12.0 Å². The van der Waals surface area contributed by atoms with E-state index in [1.54, 1.807) is 0 Å². The lowest BCUT2D eigenvalue weighted by Crippen LogP contribution is -2.19. The van der Waals surface area contributed by atoms with E-state index in [4.69, 9.17) is 0 Å². The molecule has 1 N–H and O–H groups in total. The highest BCUT2D eigenvalue weighted by Crippen LogP contribution is 2.22. The van der Waals surface area contributed by atoms with Gasteiger partial charge in [-0.15, -0.1) is 12.4 Å². The van der Waals surface area contributed by atoms with Crippen molar-refractivity contribution in [1.29, 1.82) is 0 Å². The van der Waals surface area contributed by atoms with Gasteiger partial charge in [0.25, 0.3) is 0 Å². The predicted molar refractivity (Wildman–Crippen MR) is 78.9 cm³/mol. The molecule has 0 aromatic heterocycles. The molecule has 1 rings (SSSR count). The summed E-state index contributed by atoms with van der Waals surface area (Å²) in [6, 6.07) is 8.95. The summed E-state index contributed by atoms with van der Waals surface area (Å²) < 4.78 is 0. The number of nitrogens with one attached hydrogen (secondary N) is 1. The molecule has 0 aliphatic heterocycles. The monoisotopic (exact) mass is 255 g/mol. The van der Waals surface area contributed by atoms with Crippen molar-refractivity contribution < 1.29 is 0 Å². The minimum atomic E-state index is 0. The van der Waals surface area contributed by atoms with Crippen molar-refractivity contribution >= 4 is 12.4 Å². The molecule has 98 valence electrons. The summed E-state index contributed by atoms with van der Waals surface area (Å²) in [5.41, 5.74) is 3.03. The van der Waals surface area contributed by atoms with Crippen molar-refractivity contribution in [3.63, 3.8) is 0 Å². The molecule has 17 heavy (non-hydrogen) atoms. The standard InChI is InChI=1S/C15H25N.ClH/c1-12(2)10-16-11-13-6-8-14(9-7-13)15(3,4)5;/h6-9,12,16H,10-11H2,1-5H3;1H. The van der Waals surface area contributed by atoms with Crippen LogP contribution in [-0.4, -0.2) is 6.54 Å². The van der Waals surface area contributed by atoms with Gasteiger partial charge in [0.1, 0.15) is 0 Å². The van der Waals surface area contributed by atoms with Crippen molar-refractivity contribution in [2.45, 2.75) is 46.6 Å². The Kier molecular flexibility index (Phi) is 6.81. The lowest BCUT2D eigenvalue weighted by atomic mass is 9.87. The first-order valence-corrected chi connectivity index (χ1v) is 6.19. The molecule has 0 heterocycles. The third-order valence-electron chi connectivity index (χ3n) is 2.70. The van der Waals surface area contributed by atoms with Crippen LogP contribution in [0, 0.1) is 5.92 Å². The summed E-state index contributed by atoms with van der Waals surface area (Å²) in [5, 5.41) is 3.46. The molecule has 0 saturated carbocycles. The second-order valence-electron chi connectivity index (χ2n) is 5.97. The highest BCUT2D eigenvalue weighted by Gasteiger charge is 2.12. The van der Waals surface area contributed by atoms with E-state index < -0.39 is 0 Å². The van der Waals surface area contributed by atoms with Crippen molar-refractivity contribution in [3.8, 4) is 0 Å². The van der Waals surface area contributed by atoms with Gasteiger partial charge >= 0.3 is 0 Å². The maximum atomic E-state index is 3.46. The van der Waals surface area contributed by atoms with Gasteiger partial charge in [0.15, 0.2) is 0 Å². The van der Waals surface area contributed by atoms with Crippen LogP contribution in [0.1, 0.15) is 45.7 Å². The molecule has 0 amide bonds. The molecule has 0 aliphatic carbocycles. The average Bonchev–Trinajstić information content (AvgIpc) is 2.16. The zero-order valence-electron chi connectivity index (χ0n) is 11.7. The van der Waals surface area contributed by atoms with Crippen molar-refractivity contribution in [2.24, 2.45) is 5.92 Å². The van der Waals surface area contributed by atoms with E-state index in [9.17, 15) is 0 Å². The fourth-order valence-corrected chi connectivity index (χ4v) is 1.63. The van der Waals surface area contributed by atoms with Gasteiger partial charge in [0, 0.05) is 6.54 Å². The number of hydrogen-bond acceptors (Lipinski definition) is 1. The average molecular weight is 256 g/mol. The molecule has 0 spiro atoms. The summed E-state index contributed by atoms with van der Waals surface area (Å²) in [4.78, 5) is 0. The Morgan fingerprint density at radius 3 is 2.00 bits per heavy atom. The molecular formula is C15H26ClN. The zero-order valence-corrected chi connectivity index (χ0v) is 12.5. The summed E-state index contributed by atoms with van der Waals surface area (Å²) in [6.45, 7) is 13.3. The van der Waals surface area contributed by atoms with Crippen LogP contribution in [0.25, 0.3) is 0 Å². The molecule has 2 heteroatoms. The van der Waals surface area contributed by atoms with Crippen molar-refractivity contribution in [3.05, 3.63) is 35.4 Å². The van der Waals surface area contributed by atoms with Gasteiger partial charge in [-0.2, -0.15) is 0 Å². The molecule has 1 aromatic carbocycles. The van der Waals surface area contributed by atoms with E-state index in [1.807, 2.05) is 0 Å². The smallest absolute Gasteiger partial charge is 0.0205 e. The molecular weight excluding hydrogens is 230 g/mol. The van der Waals surface area contributed by atoms with Gasteiger partial charge in [0.2, 0.25) is 0 Å². The van der Waals surface area contributed by atoms with Crippen LogP contribution in [0.15, 0.2) is 24.3 Å². The molecule has 0 atom stereocenters. The maximum absolute atomic E-state index is 3.46. The lowest BCUT2D eigenvalue weighted by molar-refractivity contribution is 0.551. The summed E-state index contributed by atoms with van der Waals surface area (Å²) in [5.74, 6) is 0.717. The molecule has 1 aromatic rings. The third-order valence-corrected chi connectivity index (χ3v) is 2.70. The van der Waals surface area contributed by atoms with Crippen LogP contribution in [0.3, 0.4) is 0 Å². The fourth-order valence-electron chi connectivity index (χ4n) is 1.63. The van der Waals surface area contributed by atoms with Gasteiger partial charge in [0.05, 0.1) is 0 Å². The largest absolute Gasteiger partial charge is 0.312 e. The first kappa shape index (κ1) is 16.5. The van der Waals surface area contributed by atoms with Crippen molar-refractivity contribution in [1.82, 2.24) is 5.32 Å². The number of benzene rings is 1. The van der Waals surface area contributed by atoms with E-state index in [2.05, 4.69) is 64.2 Å². The molecule has 0 radical (unpaired) electrons. The van der Waals surface area contributed by atoms with Crippen LogP contribution in [0.4, 0.5) is 0 Å². The minimum Gasteiger partial charge on any atom is -0.312 e. The summed E-state index contributed by atoms with van der Waals surface area (Å²) in [6.07, 6.45) is 0. The Morgan fingerprint density at radius 2 is 1.59 bits per heavy atom. The molecule has 0 unspecified atom stereocenters. The van der Waals surface area contributed by atoms with Crippen molar-refractivity contribution in [2.75, 3.05) is 6.54 Å². The number of halogens is 1. The van der Waals surface area contributed by atoms with Gasteiger partial charge < -0.3 is 5.32 Å². The fraction of sp³-hybridized carbons (Fsp3) is 0.600. The predicted octanol–water partition coefficient (Wildman–Crippen LogP) is 4.15. The molecule has 0 fully saturated rings. The Morgan fingerprint density at radius 1 is 1.06 bits per heavy atom. The van der Waals surface area contributed by atoms with Crippen LogP contribution in [0.2, 0.25) is 0 Å². The number of rotatable bonds is 4. The van der Waals surface area contributed by atoms with Gasteiger partial charge in [-0.05, 0) is 29.0 Å².